The van der Waals surface area contributed by atoms with Crippen molar-refractivity contribution >= 4 is 60.7 Å². The number of urea groups is 1. The summed E-state index contributed by atoms with van der Waals surface area (Å²) in [5.74, 6) is 0.491. The molecule has 0 aliphatic carbocycles. The molecule has 0 spiro atoms. The molecule has 2 amide bonds. The van der Waals surface area contributed by atoms with Gasteiger partial charge in [-0.25, -0.2) is 14.8 Å². The molecule has 4 N–H and O–H groups in total. The second kappa shape index (κ2) is 7.40. The summed E-state index contributed by atoms with van der Waals surface area (Å²) in [6, 6.07) is 7.26. The van der Waals surface area contributed by atoms with Crippen molar-refractivity contribution in [3.8, 4) is 11.1 Å². The van der Waals surface area contributed by atoms with Crippen molar-refractivity contribution in [2.75, 3.05) is 11.1 Å². The molecule has 0 radical (unpaired) electrons. The summed E-state index contributed by atoms with van der Waals surface area (Å²) in [6.45, 7) is 5.71. The topological polar surface area (TPSA) is 106 Å². The molecule has 0 unspecified atom stereocenters. The van der Waals surface area contributed by atoms with Gasteiger partial charge in [-0.15, -0.1) is 0 Å². The van der Waals surface area contributed by atoms with Gasteiger partial charge < -0.3 is 11.1 Å². The minimum atomic E-state index is -0.387. The third kappa shape index (κ3) is 4.54. The lowest BCUT2D eigenvalue weighted by molar-refractivity contribution is 0.243. The molecular weight excluding hydrogens is 476 g/mol. The first-order chi connectivity index (χ1) is 12.6. The molecule has 27 heavy (non-hydrogen) atoms. The number of anilines is 2. The van der Waals surface area contributed by atoms with Crippen LogP contribution in [0.25, 0.3) is 22.2 Å². The first kappa shape index (κ1) is 19.5. The Morgan fingerprint density at radius 1 is 1.15 bits per heavy atom. The quantitative estimate of drug-likeness (QED) is 0.479. The second-order valence-electron chi connectivity index (χ2n) is 6.95. The average Bonchev–Trinajstić information content (AvgIpc) is 2.53. The van der Waals surface area contributed by atoms with Crippen LogP contribution in [0.3, 0.4) is 0 Å². The van der Waals surface area contributed by atoms with Gasteiger partial charge in [0.05, 0.1) is 0 Å². The number of nitrogens with one attached hydrogen (secondary N) is 2. The van der Waals surface area contributed by atoms with Gasteiger partial charge in [0.1, 0.15) is 5.82 Å². The number of nitrogen functional groups attached to an aromatic ring is 1. The summed E-state index contributed by atoms with van der Waals surface area (Å²) in [5.41, 5.74) is 7.27. The van der Waals surface area contributed by atoms with Crippen LogP contribution >= 0.6 is 31.9 Å². The number of hydrogen-bond donors (Lipinski definition) is 3. The number of fused-ring (bicyclic) bond motifs is 1. The molecule has 7 nitrogen and oxygen atoms in total. The van der Waals surface area contributed by atoms with Gasteiger partial charge in [0.2, 0.25) is 5.95 Å². The molecule has 9 heteroatoms. The van der Waals surface area contributed by atoms with E-state index in [2.05, 4.69) is 57.4 Å². The number of pyridine rings is 1. The van der Waals surface area contributed by atoms with Crippen molar-refractivity contribution in [1.82, 2.24) is 20.3 Å². The highest BCUT2D eigenvalue weighted by atomic mass is 79.9. The van der Waals surface area contributed by atoms with Crippen LogP contribution in [0.1, 0.15) is 20.8 Å². The first-order valence-electron chi connectivity index (χ1n) is 8.11. The summed E-state index contributed by atoms with van der Waals surface area (Å²) in [6.07, 6.45) is 1.61. The fourth-order valence-electron chi connectivity index (χ4n) is 2.50. The molecule has 0 aliphatic heterocycles. The Morgan fingerprint density at radius 2 is 1.81 bits per heavy atom. The van der Waals surface area contributed by atoms with Crippen LogP contribution < -0.4 is 16.4 Å². The van der Waals surface area contributed by atoms with E-state index in [1.165, 1.54) is 0 Å². The maximum atomic E-state index is 12.4. The summed E-state index contributed by atoms with van der Waals surface area (Å²) in [4.78, 5) is 25.1. The van der Waals surface area contributed by atoms with Gasteiger partial charge in [-0.05, 0) is 39.0 Å². The first-order valence-corrected chi connectivity index (χ1v) is 9.69. The number of rotatable bonds is 2. The molecule has 0 bridgehead atoms. The molecule has 0 fully saturated rings. The van der Waals surface area contributed by atoms with E-state index in [-0.39, 0.29) is 17.5 Å². The lowest BCUT2D eigenvalue weighted by Crippen LogP contribution is -2.43. The fraction of sp³-hybridized carbons (Fsp3) is 0.222. The van der Waals surface area contributed by atoms with Gasteiger partial charge >= 0.3 is 6.03 Å². The molecule has 1 aromatic carbocycles. The molecule has 3 aromatic rings. The zero-order valence-corrected chi connectivity index (χ0v) is 18.1. The Bertz CT molecular complexity index is 1010. The van der Waals surface area contributed by atoms with E-state index in [1.807, 2.05) is 45.0 Å². The molecule has 0 aliphatic rings. The molecule has 0 atom stereocenters. The standard InChI is InChI=1S/C18H18Br2N6O/c1-18(2,3)26-17(27)25-15-10(13-11(19)5-4-6-12(13)20)7-9-8-22-16(21)24-14(9)23-15/h4-8H,1-3H3,(H4,21,22,23,24,25,26,27). The summed E-state index contributed by atoms with van der Waals surface area (Å²) >= 11 is 7.14. The lowest BCUT2D eigenvalue weighted by Gasteiger charge is -2.21. The molecule has 2 heterocycles. The predicted octanol–water partition coefficient (Wildman–Crippen LogP) is 4.72. The number of carbonyl (C=O) groups is 1. The van der Waals surface area contributed by atoms with Crippen molar-refractivity contribution in [3.05, 3.63) is 39.4 Å². The SMILES string of the molecule is CC(C)(C)NC(=O)Nc1nc2nc(N)ncc2cc1-c1c(Br)cccc1Br. The Hall–Kier alpha value is -2.26. The maximum Gasteiger partial charge on any atom is 0.320 e. The molecule has 140 valence electrons. The smallest absolute Gasteiger partial charge is 0.320 e. The largest absolute Gasteiger partial charge is 0.368 e. The van der Waals surface area contributed by atoms with Crippen molar-refractivity contribution < 1.29 is 4.79 Å². The zero-order valence-electron chi connectivity index (χ0n) is 15.0. The molecule has 0 saturated heterocycles. The maximum absolute atomic E-state index is 12.4. The third-order valence-corrected chi connectivity index (χ3v) is 4.86. The van der Waals surface area contributed by atoms with Gasteiger partial charge in [-0.3, -0.25) is 5.32 Å². The predicted molar refractivity (Wildman–Crippen MR) is 114 cm³/mol. The van der Waals surface area contributed by atoms with Gasteiger partial charge in [0.15, 0.2) is 5.65 Å². The highest BCUT2D eigenvalue weighted by Crippen LogP contribution is 2.39. The van der Waals surface area contributed by atoms with E-state index < -0.39 is 0 Å². The van der Waals surface area contributed by atoms with Crippen molar-refractivity contribution in [2.24, 2.45) is 0 Å². The van der Waals surface area contributed by atoms with E-state index in [4.69, 9.17) is 5.73 Å². The van der Waals surface area contributed by atoms with Gasteiger partial charge in [0, 0.05) is 37.2 Å². The third-order valence-electron chi connectivity index (χ3n) is 3.54. The number of halogens is 2. The number of nitrogens with two attached hydrogens (primary N) is 1. The normalized spacial score (nSPS) is 11.4. The summed E-state index contributed by atoms with van der Waals surface area (Å²) in [7, 11) is 0. The van der Waals surface area contributed by atoms with Crippen LogP contribution in [-0.4, -0.2) is 26.5 Å². The molecule has 2 aromatic heterocycles. The van der Waals surface area contributed by atoms with E-state index in [0.29, 0.717) is 16.9 Å². The lowest BCUT2D eigenvalue weighted by atomic mass is 10.1. The van der Waals surface area contributed by atoms with Crippen molar-refractivity contribution in [2.45, 2.75) is 26.3 Å². The number of benzene rings is 1. The second-order valence-corrected chi connectivity index (χ2v) is 8.66. The van der Waals surface area contributed by atoms with Crippen molar-refractivity contribution in [3.63, 3.8) is 0 Å². The number of amides is 2. The average molecular weight is 494 g/mol. The summed E-state index contributed by atoms with van der Waals surface area (Å²) < 4.78 is 1.71. The van der Waals surface area contributed by atoms with Crippen LogP contribution in [0.4, 0.5) is 16.6 Å². The zero-order chi connectivity index (χ0) is 19.8. The fourth-order valence-corrected chi connectivity index (χ4v) is 3.92. The molecule has 0 saturated carbocycles. The summed E-state index contributed by atoms with van der Waals surface area (Å²) in [5, 5.41) is 6.40. The van der Waals surface area contributed by atoms with Gasteiger partial charge in [-0.2, -0.15) is 4.98 Å². The Morgan fingerprint density at radius 3 is 2.44 bits per heavy atom. The minimum absolute atomic E-state index is 0.120. The number of hydrogen-bond acceptors (Lipinski definition) is 5. The Kier molecular flexibility index (Phi) is 5.34. The number of carbonyl (C=O) groups excluding carboxylic acids is 1. The Labute approximate surface area is 173 Å². The Balaban J connectivity index is 2.18. The van der Waals surface area contributed by atoms with Gasteiger partial charge in [-0.1, -0.05) is 37.9 Å². The van der Waals surface area contributed by atoms with Crippen LogP contribution in [0, 0.1) is 0 Å². The molecule has 3 rings (SSSR count). The number of aromatic nitrogens is 3. The minimum Gasteiger partial charge on any atom is -0.368 e. The van der Waals surface area contributed by atoms with Crippen LogP contribution in [0.5, 0.6) is 0 Å². The van der Waals surface area contributed by atoms with E-state index in [0.717, 1.165) is 20.1 Å². The highest BCUT2D eigenvalue weighted by Gasteiger charge is 2.19. The highest BCUT2D eigenvalue weighted by molar-refractivity contribution is 9.11. The van der Waals surface area contributed by atoms with E-state index >= 15 is 0 Å². The monoisotopic (exact) mass is 492 g/mol. The van der Waals surface area contributed by atoms with Crippen LogP contribution in [-0.2, 0) is 0 Å². The van der Waals surface area contributed by atoms with E-state index in [1.54, 1.807) is 6.20 Å². The molecular formula is C18H18Br2N6O. The number of nitrogens with zero attached hydrogens (tertiary/aromatic N) is 3. The van der Waals surface area contributed by atoms with Crippen molar-refractivity contribution in [1.29, 1.82) is 0 Å². The van der Waals surface area contributed by atoms with E-state index in [9.17, 15) is 4.79 Å². The van der Waals surface area contributed by atoms with Crippen LogP contribution in [0.2, 0.25) is 0 Å². The van der Waals surface area contributed by atoms with Gasteiger partial charge in [0.25, 0.3) is 0 Å². The van der Waals surface area contributed by atoms with Crippen LogP contribution in [0.15, 0.2) is 39.4 Å².